The van der Waals surface area contributed by atoms with Gasteiger partial charge in [0.1, 0.15) is 5.82 Å². The number of hydrogen-bond acceptors (Lipinski definition) is 3. The van der Waals surface area contributed by atoms with Crippen molar-refractivity contribution in [2.45, 2.75) is 38.6 Å². The molecule has 1 aliphatic rings. The lowest BCUT2D eigenvalue weighted by atomic mass is 9.98. The minimum absolute atomic E-state index is 0.0851. The Labute approximate surface area is 196 Å². The maximum atomic E-state index is 14.9. The van der Waals surface area contributed by atoms with E-state index in [9.17, 15) is 17.6 Å². The minimum Gasteiger partial charge on any atom is -0.491 e. The Morgan fingerprint density at radius 3 is 2.06 bits per heavy atom. The smallest absolute Gasteiger partial charge is 0.201 e. The fourth-order valence-corrected chi connectivity index (χ4v) is 4.09. The zero-order chi connectivity index (χ0) is 24.3. The lowest BCUT2D eigenvalue weighted by Crippen LogP contribution is -2.41. The number of alkyl halides is 1. The van der Waals surface area contributed by atoms with E-state index in [1.165, 1.54) is 18.2 Å². The van der Waals surface area contributed by atoms with E-state index in [1.54, 1.807) is 43.3 Å². The largest absolute Gasteiger partial charge is 0.491 e. The van der Waals surface area contributed by atoms with Crippen LogP contribution in [0.3, 0.4) is 0 Å². The predicted molar refractivity (Wildman–Crippen MR) is 122 cm³/mol. The summed E-state index contributed by atoms with van der Waals surface area (Å²) in [6.45, 7) is 3.61. The standard InChI is InChI=1S/C27H26F4O3/c1-3-13-27(31)15-33-26(34-16-27)19-9-10-20(22(28)14-19)17-5-7-18(8-6-17)21-11-12-23(32-4-2)25(30)24(21)29/h5-12,14,26H,3-4,13,15-16H2,1-2H3. The molecule has 0 aliphatic carbocycles. The summed E-state index contributed by atoms with van der Waals surface area (Å²) in [6, 6.07) is 13.9. The molecule has 1 aliphatic heterocycles. The Hall–Kier alpha value is -2.90. The van der Waals surface area contributed by atoms with Crippen molar-refractivity contribution in [2.24, 2.45) is 0 Å². The second kappa shape index (κ2) is 10.2. The first-order chi connectivity index (χ1) is 16.3. The third-order valence-electron chi connectivity index (χ3n) is 5.80. The first-order valence-electron chi connectivity index (χ1n) is 11.3. The topological polar surface area (TPSA) is 27.7 Å². The highest BCUT2D eigenvalue weighted by Crippen LogP contribution is 2.35. The molecule has 0 unspecified atom stereocenters. The van der Waals surface area contributed by atoms with E-state index < -0.39 is 29.4 Å². The molecule has 0 atom stereocenters. The Morgan fingerprint density at radius 2 is 1.47 bits per heavy atom. The Kier molecular flexibility index (Phi) is 7.24. The van der Waals surface area contributed by atoms with Gasteiger partial charge in [-0.3, -0.25) is 0 Å². The number of benzene rings is 3. The number of ether oxygens (including phenoxy) is 3. The molecule has 0 N–H and O–H groups in total. The molecular weight excluding hydrogens is 448 g/mol. The first kappa shape index (κ1) is 24.2. The molecule has 4 rings (SSSR count). The van der Waals surface area contributed by atoms with E-state index in [4.69, 9.17) is 14.2 Å². The average Bonchev–Trinajstić information content (AvgIpc) is 2.83. The highest BCUT2D eigenvalue weighted by atomic mass is 19.2. The molecule has 0 amide bonds. The molecule has 0 spiro atoms. The number of rotatable bonds is 7. The van der Waals surface area contributed by atoms with Gasteiger partial charge in [0.15, 0.2) is 23.5 Å². The van der Waals surface area contributed by atoms with E-state index in [0.717, 1.165) is 0 Å². The van der Waals surface area contributed by atoms with Crippen molar-refractivity contribution in [2.75, 3.05) is 19.8 Å². The van der Waals surface area contributed by atoms with Gasteiger partial charge in [0.25, 0.3) is 0 Å². The van der Waals surface area contributed by atoms with Crippen LogP contribution in [-0.2, 0) is 9.47 Å². The summed E-state index contributed by atoms with van der Waals surface area (Å²) in [5.41, 5.74) is 0.374. The van der Waals surface area contributed by atoms with Crippen molar-refractivity contribution >= 4 is 0 Å². The highest BCUT2D eigenvalue weighted by molar-refractivity contribution is 5.71. The molecule has 0 saturated carbocycles. The summed E-state index contributed by atoms with van der Waals surface area (Å²) < 4.78 is 74.2. The third-order valence-corrected chi connectivity index (χ3v) is 5.80. The quantitative estimate of drug-likeness (QED) is 0.334. The molecule has 1 fully saturated rings. The molecule has 0 aromatic heterocycles. The molecule has 34 heavy (non-hydrogen) atoms. The zero-order valence-corrected chi connectivity index (χ0v) is 19.0. The Morgan fingerprint density at radius 1 is 0.853 bits per heavy atom. The van der Waals surface area contributed by atoms with Crippen LogP contribution in [0, 0.1) is 17.5 Å². The van der Waals surface area contributed by atoms with Crippen molar-refractivity contribution in [1.29, 1.82) is 0 Å². The van der Waals surface area contributed by atoms with E-state index in [0.29, 0.717) is 35.1 Å². The van der Waals surface area contributed by atoms with Crippen LogP contribution in [0.4, 0.5) is 17.6 Å². The zero-order valence-electron chi connectivity index (χ0n) is 19.0. The Balaban J connectivity index is 1.51. The summed E-state index contributed by atoms with van der Waals surface area (Å²) in [4.78, 5) is 0. The Bertz CT molecular complexity index is 1140. The molecule has 1 heterocycles. The van der Waals surface area contributed by atoms with Gasteiger partial charge in [-0.2, -0.15) is 4.39 Å². The monoisotopic (exact) mass is 474 g/mol. The van der Waals surface area contributed by atoms with Gasteiger partial charge in [-0.25, -0.2) is 13.2 Å². The second-order valence-electron chi connectivity index (χ2n) is 8.34. The van der Waals surface area contributed by atoms with Crippen molar-refractivity contribution in [3.05, 3.63) is 77.6 Å². The van der Waals surface area contributed by atoms with Crippen LogP contribution in [0.5, 0.6) is 5.75 Å². The molecule has 0 bridgehead atoms. The van der Waals surface area contributed by atoms with Gasteiger partial charge in [-0.05, 0) is 42.7 Å². The first-order valence-corrected chi connectivity index (χ1v) is 11.3. The molecule has 180 valence electrons. The molecule has 3 aromatic rings. The lowest BCUT2D eigenvalue weighted by Gasteiger charge is -2.34. The fourth-order valence-electron chi connectivity index (χ4n) is 4.09. The minimum atomic E-state index is -1.52. The van der Waals surface area contributed by atoms with Gasteiger partial charge in [0.05, 0.1) is 19.8 Å². The molecular formula is C27H26F4O3. The van der Waals surface area contributed by atoms with E-state index >= 15 is 0 Å². The molecule has 3 nitrogen and oxygen atoms in total. The van der Waals surface area contributed by atoms with Crippen molar-refractivity contribution in [1.82, 2.24) is 0 Å². The number of hydrogen-bond donors (Lipinski definition) is 0. The normalized spacial score (nSPS) is 20.4. The van der Waals surface area contributed by atoms with Gasteiger partial charge in [-0.1, -0.05) is 49.7 Å². The van der Waals surface area contributed by atoms with Crippen molar-refractivity contribution < 1.29 is 31.8 Å². The maximum Gasteiger partial charge on any atom is 0.201 e. The number of halogens is 4. The summed E-state index contributed by atoms with van der Waals surface area (Å²) >= 11 is 0. The van der Waals surface area contributed by atoms with Crippen molar-refractivity contribution in [3.63, 3.8) is 0 Å². The lowest BCUT2D eigenvalue weighted by molar-refractivity contribution is -0.239. The van der Waals surface area contributed by atoms with E-state index in [-0.39, 0.29) is 31.1 Å². The summed E-state index contributed by atoms with van der Waals surface area (Å²) in [7, 11) is 0. The summed E-state index contributed by atoms with van der Waals surface area (Å²) in [5.74, 6) is -2.69. The van der Waals surface area contributed by atoms with Crippen LogP contribution in [0.15, 0.2) is 54.6 Å². The summed E-state index contributed by atoms with van der Waals surface area (Å²) in [5, 5.41) is 0. The van der Waals surface area contributed by atoms with Crippen molar-refractivity contribution in [3.8, 4) is 28.0 Å². The summed E-state index contributed by atoms with van der Waals surface area (Å²) in [6.07, 6.45) is 0.191. The SMILES string of the molecule is CCCC1(F)COC(c2ccc(-c3ccc(-c4ccc(OCC)c(F)c4F)cc3)c(F)c2)OC1. The van der Waals surface area contributed by atoms with Crippen LogP contribution in [0.25, 0.3) is 22.3 Å². The second-order valence-corrected chi connectivity index (χ2v) is 8.34. The maximum absolute atomic E-state index is 14.9. The van der Waals surface area contributed by atoms with Crippen LogP contribution in [0.1, 0.15) is 38.5 Å². The fraction of sp³-hybridized carbons (Fsp3) is 0.333. The molecule has 1 saturated heterocycles. The van der Waals surface area contributed by atoms with Crippen LogP contribution in [0.2, 0.25) is 0 Å². The van der Waals surface area contributed by atoms with Crippen LogP contribution in [-0.4, -0.2) is 25.5 Å². The highest BCUT2D eigenvalue weighted by Gasteiger charge is 2.37. The van der Waals surface area contributed by atoms with Gasteiger partial charge in [-0.15, -0.1) is 0 Å². The molecule has 3 aromatic carbocycles. The molecule has 0 radical (unpaired) electrons. The average molecular weight is 474 g/mol. The van der Waals surface area contributed by atoms with E-state index in [1.807, 2.05) is 6.92 Å². The van der Waals surface area contributed by atoms with Gasteiger partial charge in [0, 0.05) is 16.7 Å². The van der Waals surface area contributed by atoms with Gasteiger partial charge >= 0.3 is 0 Å². The predicted octanol–water partition coefficient (Wildman–Crippen LogP) is 7.39. The molecule has 7 heteroatoms. The van der Waals surface area contributed by atoms with Gasteiger partial charge in [0.2, 0.25) is 5.82 Å². The third kappa shape index (κ3) is 4.95. The van der Waals surface area contributed by atoms with E-state index in [2.05, 4.69) is 0 Å². The van der Waals surface area contributed by atoms with Crippen LogP contribution >= 0.6 is 0 Å². The van der Waals surface area contributed by atoms with Crippen LogP contribution < -0.4 is 4.74 Å². The van der Waals surface area contributed by atoms with Gasteiger partial charge < -0.3 is 14.2 Å².